The average molecular weight is 299 g/mol. The van der Waals surface area contributed by atoms with Crippen LogP contribution in [-0.2, 0) is 4.79 Å². The monoisotopic (exact) mass is 299 g/mol. The van der Waals surface area contributed by atoms with Gasteiger partial charge in [-0.2, -0.15) is 13.2 Å². The number of carboxylic acids is 1. The molecule has 1 aromatic carbocycles. The summed E-state index contributed by atoms with van der Waals surface area (Å²) < 4.78 is 67.4. The fourth-order valence-electron chi connectivity index (χ4n) is 1.26. The first-order valence-electron chi connectivity index (χ1n) is 4.77. The Labute approximate surface area is 107 Å². The Hall–Kier alpha value is -2.39. The van der Waals surface area contributed by atoms with E-state index >= 15 is 0 Å². The van der Waals surface area contributed by atoms with Crippen molar-refractivity contribution in [1.82, 2.24) is 0 Å². The minimum absolute atomic E-state index is 0.232. The molecule has 0 spiro atoms. The Morgan fingerprint density at radius 3 is 2.25 bits per heavy atom. The van der Waals surface area contributed by atoms with E-state index in [1.807, 2.05) is 0 Å². The second kappa shape index (κ2) is 5.31. The molecule has 0 aliphatic carbocycles. The van der Waals surface area contributed by atoms with Gasteiger partial charge in [-0.15, -0.1) is 0 Å². The third kappa shape index (κ3) is 2.95. The molecule has 0 saturated heterocycles. The number of halogens is 5. The number of aromatic carboxylic acids is 1. The number of anilines is 1. The maximum absolute atomic E-state index is 13.7. The fraction of sp³-hybridized carbons (Fsp3) is 0.200. The Balaban J connectivity index is 3.43. The van der Waals surface area contributed by atoms with Crippen LogP contribution in [0.3, 0.4) is 0 Å². The van der Waals surface area contributed by atoms with Crippen molar-refractivity contribution in [3.63, 3.8) is 0 Å². The molecule has 0 bridgehead atoms. The lowest BCUT2D eigenvalue weighted by Gasteiger charge is -2.14. The molecule has 0 aliphatic rings. The highest BCUT2D eigenvalue weighted by Crippen LogP contribution is 2.32. The van der Waals surface area contributed by atoms with Gasteiger partial charge in [0.2, 0.25) is 0 Å². The number of nitrogens with one attached hydrogen (secondary N) is 1. The summed E-state index contributed by atoms with van der Waals surface area (Å²) in [5.74, 6) is -8.85. The van der Waals surface area contributed by atoms with Crippen LogP contribution in [0.2, 0.25) is 0 Å². The van der Waals surface area contributed by atoms with Gasteiger partial charge in [-0.05, 0) is 6.07 Å². The lowest BCUT2D eigenvalue weighted by molar-refractivity contribution is -0.167. The zero-order valence-electron chi connectivity index (χ0n) is 9.64. The lowest BCUT2D eigenvalue weighted by atomic mass is 10.1. The summed E-state index contributed by atoms with van der Waals surface area (Å²) in [6.07, 6.45) is -5.37. The van der Waals surface area contributed by atoms with Crippen molar-refractivity contribution in [2.75, 3.05) is 12.4 Å². The first kappa shape index (κ1) is 15.7. The van der Waals surface area contributed by atoms with Gasteiger partial charge in [-0.1, -0.05) is 0 Å². The number of methoxy groups -OCH3 is 1. The Morgan fingerprint density at radius 1 is 1.30 bits per heavy atom. The number of hydrogen-bond acceptors (Lipinski definition) is 3. The van der Waals surface area contributed by atoms with E-state index in [0.29, 0.717) is 0 Å². The topological polar surface area (TPSA) is 75.6 Å². The van der Waals surface area contributed by atoms with Crippen LogP contribution >= 0.6 is 0 Å². The van der Waals surface area contributed by atoms with Crippen molar-refractivity contribution in [3.8, 4) is 5.75 Å². The molecule has 0 heterocycles. The zero-order valence-corrected chi connectivity index (χ0v) is 9.64. The lowest BCUT2D eigenvalue weighted by Crippen LogP contribution is -2.31. The number of carboxylic acid groups (broad SMARTS) is 1. The molecule has 0 fully saturated rings. The van der Waals surface area contributed by atoms with E-state index in [-0.39, 0.29) is 6.07 Å². The van der Waals surface area contributed by atoms with Crippen LogP contribution < -0.4 is 10.1 Å². The molecule has 0 radical (unpaired) electrons. The molecule has 0 aromatic heterocycles. The van der Waals surface area contributed by atoms with E-state index in [4.69, 9.17) is 5.11 Å². The van der Waals surface area contributed by atoms with Gasteiger partial charge in [-0.25, -0.2) is 13.6 Å². The Kier molecular flexibility index (Phi) is 4.16. The zero-order chi connectivity index (χ0) is 15.7. The molecule has 5 nitrogen and oxygen atoms in total. The highest BCUT2D eigenvalue weighted by atomic mass is 19.4. The van der Waals surface area contributed by atoms with Gasteiger partial charge in [-0.3, -0.25) is 4.79 Å². The van der Waals surface area contributed by atoms with Crippen LogP contribution in [0.25, 0.3) is 0 Å². The molecule has 1 rings (SSSR count). The van der Waals surface area contributed by atoms with Crippen molar-refractivity contribution in [3.05, 3.63) is 23.3 Å². The second-order valence-electron chi connectivity index (χ2n) is 3.39. The van der Waals surface area contributed by atoms with Crippen molar-refractivity contribution in [2.45, 2.75) is 6.18 Å². The number of carbonyl (C=O) groups is 2. The molecule has 10 heteroatoms. The maximum atomic E-state index is 13.7. The van der Waals surface area contributed by atoms with E-state index in [0.717, 1.165) is 12.4 Å². The van der Waals surface area contributed by atoms with E-state index in [1.165, 1.54) is 0 Å². The second-order valence-corrected chi connectivity index (χ2v) is 3.39. The van der Waals surface area contributed by atoms with Crippen LogP contribution in [-0.4, -0.2) is 30.3 Å². The standard InChI is InChI=1S/C10H6F5NO4/c1-20-7-4(11)2-3(8(17)18)6(5(7)12)16-9(19)10(13,14)15/h2H,1H3,(H,16,19)(H,17,18). The van der Waals surface area contributed by atoms with Crippen molar-refractivity contribution in [2.24, 2.45) is 0 Å². The number of amides is 1. The summed E-state index contributed by atoms with van der Waals surface area (Å²) in [5, 5.41) is 9.72. The smallest absolute Gasteiger partial charge is 0.471 e. The number of hydrogen-bond donors (Lipinski definition) is 2. The summed E-state index contributed by atoms with van der Waals surface area (Å²) in [6, 6.07) is 0.232. The molecule has 0 atom stereocenters. The quantitative estimate of drug-likeness (QED) is 0.839. The van der Waals surface area contributed by atoms with E-state index in [1.54, 1.807) is 0 Å². The fourth-order valence-corrected chi connectivity index (χ4v) is 1.26. The molecule has 0 aliphatic heterocycles. The first-order chi connectivity index (χ1) is 9.09. The minimum atomic E-state index is -5.37. The van der Waals surface area contributed by atoms with Crippen LogP contribution in [0.1, 0.15) is 10.4 Å². The van der Waals surface area contributed by atoms with Gasteiger partial charge >= 0.3 is 18.1 Å². The van der Waals surface area contributed by atoms with E-state index < -0.39 is 46.7 Å². The third-order valence-electron chi connectivity index (χ3n) is 2.11. The summed E-state index contributed by atoms with van der Waals surface area (Å²) >= 11 is 0. The molecular formula is C10H6F5NO4. The van der Waals surface area contributed by atoms with E-state index in [9.17, 15) is 31.5 Å². The largest absolute Gasteiger partial charge is 0.491 e. The number of benzene rings is 1. The molecular weight excluding hydrogens is 293 g/mol. The van der Waals surface area contributed by atoms with Crippen molar-refractivity contribution in [1.29, 1.82) is 0 Å². The summed E-state index contributed by atoms with van der Waals surface area (Å²) in [4.78, 5) is 21.5. The normalized spacial score (nSPS) is 11.1. The van der Waals surface area contributed by atoms with Gasteiger partial charge in [0.05, 0.1) is 18.4 Å². The molecule has 110 valence electrons. The van der Waals surface area contributed by atoms with Crippen LogP contribution in [0.5, 0.6) is 5.75 Å². The van der Waals surface area contributed by atoms with Crippen molar-refractivity contribution < 1.29 is 41.4 Å². The number of carbonyl (C=O) groups excluding carboxylic acids is 1. The van der Waals surface area contributed by atoms with Gasteiger partial charge in [0.15, 0.2) is 17.4 Å². The summed E-state index contributed by atoms with van der Waals surface area (Å²) in [7, 11) is 0.817. The molecule has 2 N–H and O–H groups in total. The first-order valence-corrected chi connectivity index (χ1v) is 4.77. The summed E-state index contributed by atoms with van der Waals surface area (Å²) in [6.45, 7) is 0. The van der Waals surface area contributed by atoms with E-state index in [2.05, 4.69) is 4.74 Å². The highest BCUT2D eigenvalue weighted by molar-refractivity contribution is 6.02. The van der Waals surface area contributed by atoms with Crippen LogP contribution in [0.15, 0.2) is 6.07 Å². The van der Waals surface area contributed by atoms with Gasteiger partial charge in [0.1, 0.15) is 0 Å². The van der Waals surface area contributed by atoms with Gasteiger partial charge in [0.25, 0.3) is 0 Å². The molecule has 0 saturated carbocycles. The average Bonchev–Trinajstić information content (AvgIpc) is 2.31. The van der Waals surface area contributed by atoms with Crippen molar-refractivity contribution >= 4 is 17.6 Å². The van der Waals surface area contributed by atoms with Crippen LogP contribution in [0.4, 0.5) is 27.6 Å². The molecule has 1 aromatic rings. The number of rotatable bonds is 3. The third-order valence-corrected chi connectivity index (χ3v) is 2.11. The van der Waals surface area contributed by atoms with Gasteiger partial charge in [0, 0.05) is 0 Å². The molecule has 1 amide bonds. The minimum Gasteiger partial charge on any atom is -0.491 e. The highest BCUT2D eigenvalue weighted by Gasteiger charge is 2.40. The Morgan fingerprint density at radius 2 is 1.85 bits per heavy atom. The number of alkyl halides is 3. The van der Waals surface area contributed by atoms with Gasteiger partial charge < -0.3 is 15.2 Å². The molecule has 0 unspecified atom stereocenters. The Bertz CT molecular complexity index is 570. The maximum Gasteiger partial charge on any atom is 0.471 e. The summed E-state index contributed by atoms with van der Waals surface area (Å²) in [5.41, 5.74) is -2.52. The predicted octanol–water partition coefficient (Wildman–Crippen LogP) is 2.17. The number of ether oxygens (including phenoxy) is 1. The van der Waals surface area contributed by atoms with Crippen LogP contribution in [0, 0.1) is 11.6 Å². The predicted molar refractivity (Wildman–Crippen MR) is 54.6 cm³/mol. The molecule has 20 heavy (non-hydrogen) atoms. The SMILES string of the molecule is COc1c(F)cc(C(=O)O)c(NC(=O)C(F)(F)F)c1F.